The van der Waals surface area contributed by atoms with Gasteiger partial charge in [0.1, 0.15) is 0 Å². The smallest absolute Gasteiger partial charge is 0.0752 e. The minimum atomic E-state index is 0.289. The maximum atomic E-state index is 5.17. The second-order valence-corrected chi connectivity index (χ2v) is 2.89. The molecule has 0 aliphatic rings. The molecule has 60 valence electrons. The second kappa shape index (κ2) is 5.93. The number of rotatable bonds is 4. The van der Waals surface area contributed by atoms with E-state index in [1.54, 1.807) is 7.11 Å². The Hall–Kier alpha value is 0.180. The average molecular weight is 207 g/mol. The first-order valence-electron chi connectivity index (χ1n) is 3.50. The summed E-state index contributed by atoms with van der Waals surface area (Å²) in [5, 5.41) is 0.937. The van der Waals surface area contributed by atoms with Gasteiger partial charge in [-0.1, -0.05) is 34.5 Å². The Morgan fingerprint density at radius 2 is 2.30 bits per heavy atom. The zero-order chi connectivity index (χ0) is 7.98. The van der Waals surface area contributed by atoms with Gasteiger partial charge in [-0.05, 0) is 13.3 Å². The summed E-state index contributed by atoms with van der Waals surface area (Å²) >= 11 is 3.38. The third-order valence-corrected chi connectivity index (χ3v) is 2.27. The molecule has 0 saturated carbocycles. The van der Waals surface area contributed by atoms with Crippen molar-refractivity contribution in [2.75, 3.05) is 12.4 Å². The van der Waals surface area contributed by atoms with Crippen molar-refractivity contribution in [3.8, 4) is 0 Å². The predicted molar refractivity (Wildman–Crippen MR) is 48.6 cm³/mol. The van der Waals surface area contributed by atoms with Gasteiger partial charge in [-0.15, -0.1) is 0 Å². The van der Waals surface area contributed by atoms with Crippen LogP contribution in [-0.2, 0) is 4.74 Å². The Morgan fingerprint density at radius 3 is 2.60 bits per heavy atom. The van der Waals surface area contributed by atoms with E-state index in [-0.39, 0.29) is 6.10 Å². The molecule has 0 saturated heterocycles. The van der Waals surface area contributed by atoms with E-state index in [0.29, 0.717) is 0 Å². The molecule has 1 unspecified atom stereocenters. The molecule has 1 atom stereocenters. The van der Waals surface area contributed by atoms with Gasteiger partial charge in [0.15, 0.2) is 0 Å². The molecular weight excluding hydrogens is 192 g/mol. The van der Waals surface area contributed by atoms with Crippen LogP contribution in [0.25, 0.3) is 0 Å². The summed E-state index contributed by atoms with van der Waals surface area (Å²) in [5.41, 5.74) is 1.33. The lowest BCUT2D eigenvalue weighted by Gasteiger charge is -2.07. The van der Waals surface area contributed by atoms with E-state index >= 15 is 0 Å². The second-order valence-electron chi connectivity index (χ2n) is 2.33. The number of halogens is 1. The monoisotopic (exact) mass is 206 g/mol. The summed E-state index contributed by atoms with van der Waals surface area (Å²) < 4.78 is 5.17. The van der Waals surface area contributed by atoms with Gasteiger partial charge in [0.25, 0.3) is 0 Å². The van der Waals surface area contributed by atoms with Crippen LogP contribution >= 0.6 is 15.9 Å². The summed E-state index contributed by atoms with van der Waals surface area (Å²) in [6.45, 7) is 4.21. The number of ether oxygens (including phenoxy) is 1. The molecular formula is C8H15BrO. The summed E-state index contributed by atoms with van der Waals surface area (Å²) in [5.74, 6) is 0. The van der Waals surface area contributed by atoms with Gasteiger partial charge in [-0.2, -0.15) is 0 Å². The van der Waals surface area contributed by atoms with Crippen LogP contribution in [0.4, 0.5) is 0 Å². The van der Waals surface area contributed by atoms with Crippen LogP contribution in [0.5, 0.6) is 0 Å². The molecule has 1 nitrogen and oxygen atoms in total. The highest BCUT2D eigenvalue weighted by Crippen LogP contribution is 2.04. The summed E-state index contributed by atoms with van der Waals surface area (Å²) in [6, 6.07) is 0. The highest BCUT2D eigenvalue weighted by atomic mass is 79.9. The Balaban J connectivity index is 3.80. The molecule has 0 aromatic heterocycles. The van der Waals surface area contributed by atoms with Crippen LogP contribution in [0.3, 0.4) is 0 Å². The Morgan fingerprint density at radius 1 is 1.70 bits per heavy atom. The van der Waals surface area contributed by atoms with Crippen LogP contribution in [0.1, 0.15) is 20.3 Å². The summed E-state index contributed by atoms with van der Waals surface area (Å²) in [6.07, 6.45) is 3.48. The highest BCUT2D eigenvalue weighted by Gasteiger charge is 1.98. The van der Waals surface area contributed by atoms with Crippen LogP contribution in [0.2, 0.25) is 0 Å². The lowest BCUT2D eigenvalue weighted by molar-refractivity contribution is 0.137. The quantitative estimate of drug-likeness (QED) is 0.508. The van der Waals surface area contributed by atoms with Crippen molar-refractivity contribution in [1.82, 2.24) is 0 Å². The third kappa shape index (κ3) is 4.07. The Bertz CT molecular complexity index is 106. The maximum absolute atomic E-state index is 5.17. The van der Waals surface area contributed by atoms with Crippen LogP contribution < -0.4 is 0 Å². The molecule has 0 radical (unpaired) electrons. The molecule has 0 aromatic carbocycles. The van der Waals surface area contributed by atoms with E-state index in [0.717, 1.165) is 11.8 Å². The van der Waals surface area contributed by atoms with E-state index in [9.17, 15) is 0 Å². The molecule has 0 spiro atoms. The molecule has 10 heavy (non-hydrogen) atoms. The van der Waals surface area contributed by atoms with Crippen LogP contribution in [-0.4, -0.2) is 18.5 Å². The number of allylic oxidation sites excluding steroid dienone is 1. The van der Waals surface area contributed by atoms with Gasteiger partial charge in [-0.25, -0.2) is 0 Å². The topological polar surface area (TPSA) is 9.23 Å². The molecule has 0 fully saturated rings. The molecule has 0 aliphatic heterocycles. The largest absolute Gasteiger partial charge is 0.377 e. The number of alkyl halides is 1. The van der Waals surface area contributed by atoms with Crippen molar-refractivity contribution in [3.05, 3.63) is 11.6 Å². The standard InChI is InChI=1S/C8H15BrO/c1-4-8(10-3)5-7(2)6-9/h5,8H,4,6H2,1-3H3/b7-5-. The molecule has 0 aromatic rings. The van der Waals surface area contributed by atoms with Gasteiger partial charge in [0.2, 0.25) is 0 Å². The lowest BCUT2D eigenvalue weighted by Crippen LogP contribution is -2.05. The van der Waals surface area contributed by atoms with E-state index in [1.807, 2.05) is 0 Å². The molecule has 0 heterocycles. The van der Waals surface area contributed by atoms with E-state index < -0.39 is 0 Å². The number of hydrogen-bond acceptors (Lipinski definition) is 1. The Labute approximate surface area is 71.6 Å². The fraction of sp³-hybridized carbons (Fsp3) is 0.750. The van der Waals surface area contributed by atoms with Gasteiger partial charge in [0, 0.05) is 12.4 Å². The molecule has 0 N–H and O–H groups in total. The van der Waals surface area contributed by atoms with Crippen molar-refractivity contribution in [2.24, 2.45) is 0 Å². The summed E-state index contributed by atoms with van der Waals surface area (Å²) in [4.78, 5) is 0. The fourth-order valence-electron chi connectivity index (χ4n) is 0.714. The van der Waals surface area contributed by atoms with E-state index in [2.05, 4.69) is 35.9 Å². The van der Waals surface area contributed by atoms with Crippen molar-refractivity contribution < 1.29 is 4.74 Å². The van der Waals surface area contributed by atoms with E-state index in [1.165, 1.54) is 5.57 Å². The van der Waals surface area contributed by atoms with Crippen LogP contribution in [0, 0.1) is 0 Å². The lowest BCUT2D eigenvalue weighted by atomic mass is 10.2. The predicted octanol–water partition coefficient (Wildman–Crippen LogP) is 2.75. The van der Waals surface area contributed by atoms with Crippen LogP contribution in [0.15, 0.2) is 11.6 Å². The van der Waals surface area contributed by atoms with Gasteiger partial charge in [0.05, 0.1) is 6.10 Å². The SMILES string of the molecule is CCC(/C=C(/C)CBr)OC. The average Bonchev–Trinajstić information content (AvgIpc) is 1.99. The molecule has 0 amide bonds. The van der Waals surface area contributed by atoms with Crippen molar-refractivity contribution >= 4 is 15.9 Å². The normalized spacial score (nSPS) is 15.4. The first kappa shape index (κ1) is 10.2. The number of methoxy groups -OCH3 is 1. The first-order chi connectivity index (χ1) is 4.74. The van der Waals surface area contributed by atoms with Gasteiger partial charge in [-0.3, -0.25) is 0 Å². The van der Waals surface area contributed by atoms with E-state index in [4.69, 9.17) is 4.74 Å². The fourth-order valence-corrected chi connectivity index (χ4v) is 0.901. The molecule has 0 aliphatic carbocycles. The molecule has 0 bridgehead atoms. The van der Waals surface area contributed by atoms with Crippen molar-refractivity contribution in [1.29, 1.82) is 0 Å². The van der Waals surface area contributed by atoms with Gasteiger partial charge < -0.3 is 4.74 Å². The zero-order valence-corrected chi connectivity index (χ0v) is 8.44. The zero-order valence-electron chi connectivity index (χ0n) is 6.86. The highest BCUT2D eigenvalue weighted by molar-refractivity contribution is 9.09. The number of hydrogen-bond donors (Lipinski definition) is 0. The molecule has 2 heteroatoms. The minimum Gasteiger partial charge on any atom is -0.377 e. The maximum Gasteiger partial charge on any atom is 0.0752 e. The van der Waals surface area contributed by atoms with Crippen molar-refractivity contribution in [3.63, 3.8) is 0 Å². The van der Waals surface area contributed by atoms with Gasteiger partial charge >= 0.3 is 0 Å². The first-order valence-corrected chi connectivity index (χ1v) is 4.62. The van der Waals surface area contributed by atoms with Crippen molar-refractivity contribution in [2.45, 2.75) is 26.4 Å². The summed E-state index contributed by atoms with van der Waals surface area (Å²) in [7, 11) is 1.74. The minimum absolute atomic E-state index is 0.289. The Kier molecular flexibility index (Phi) is 6.03. The molecule has 0 rings (SSSR count). The third-order valence-electron chi connectivity index (χ3n) is 1.39.